The molecule has 2 fully saturated rings. The van der Waals surface area contributed by atoms with Crippen LogP contribution in [0.4, 0.5) is 5.82 Å². The molecule has 21 heavy (non-hydrogen) atoms. The van der Waals surface area contributed by atoms with Crippen LogP contribution < -0.4 is 4.90 Å². The van der Waals surface area contributed by atoms with Gasteiger partial charge < -0.3 is 18.9 Å². The predicted octanol–water partition coefficient (Wildman–Crippen LogP) is 3.02. The molecule has 1 aromatic rings. The van der Waals surface area contributed by atoms with Gasteiger partial charge in [-0.3, -0.25) is 0 Å². The average Bonchev–Trinajstić information content (AvgIpc) is 3.18. The van der Waals surface area contributed by atoms with Crippen molar-refractivity contribution in [2.45, 2.75) is 45.8 Å². The number of hydrogen-bond acceptors (Lipinski definition) is 5. The van der Waals surface area contributed by atoms with Crippen LogP contribution in [-0.4, -0.2) is 37.7 Å². The van der Waals surface area contributed by atoms with E-state index in [1.54, 1.807) is 0 Å². The maximum atomic E-state index is 5.62. The SMILES string of the molecule is CC(C)C(C)c1cc(N2CCC(C3OCCO3)CC2)no1. The lowest BCUT2D eigenvalue weighted by Gasteiger charge is -2.33. The van der Waals surface area contributed by atoms with E-state index in [-0.39, 0.29) is 6.29 Å². The summed E-state index contributed by atoms with van der Waals surface area (Å²) in [6.07, 6.45) is 2.19. The molecule has 0 aliphatic carbocycles. The Morgan fingerprint density at radius 1 is 1.14 bits per heavy atom. The summed E-state index contributed by atoms with van der Waals surface area (Å²) in [5, 5.41) is 4.25. The number of rotatable bonds is 4. The molecular formula is C16H26N2O3. The van der Waals surface area contributed by atoms with Crippen molar-refractivity contribution in [3.05, 3.63) is 11.8 Å². The molecule has 118 valence electrons. The Morgan fingerprint density at radius 3 is 2.43 bits per heavy atom. The highest BCUT2D eigenvalue weighted by Gasteiger charge is 2.31. The first-order chi connectivity index (χ1) is 10.1. The Hall–Kier alpha value is -1.07. The number of anilines is 1. The number of ether oxygens (including phenoxy) is 2. The number of piperidine rings is 1. The molecule has 0 saturated carbocycles. The molecule has 0 spiro atoms. The fraction of sp³-hybridized carbons (Fsp3) is 0.812. The van der Waals surface area contributed by atoms with Gasteiger partial charge in [-0.25, -0.2) is 0 Å². The molecule has 2 aliphatic heterocycles. The Bertz CT molecular complexity index is 446. The molecule has 0 aromatic carbocycles. The summed E-state index contributed by atoms with van der Waals surface area (Å²) < 4.78 is 16.8. The van der Waals surface area contributed by atoms with E-state index in [2.05, 4.69) is 36.9 Å². The van der Waals surface area contributed by atoms with Crippen molar-refractivity contribution in [3.63, 3.8) is 0 Å². The van der Waals surface area contributed by atoms with Crippen LogP contribution in [0.2, 0.25) is 0 Å². The lowest BCUT2D eigenvalue weighted by Crippen LogP contribution is -2.38. The first kappa shape index (κ1) is 14.9. The van der Waals surface area contributed by atoms with Crippen molar-refractivity contribution >= 4 is 5.82 Å². The van der Waals surface area contributed by atoms with Gasteiger partial charge in [-0.1, -0.05) is 25.9 Å². The topological polar surface area (TPSA) is 47.7 Å². The average molecular weight is 294 g/mol. The fourth-order valence-electron chi connectivity index (χ4n) is 3.02. The van der Waals surface area contributed by atoms with Gasteiger partial charge in [0.05, 0.1) is 13.2 Å². The van der Waals surface area contributed by atoms with Gasteiger partial charge in [-0.05, 0) is 18.8 Å². The third-order valence-corrected chi connectivity index (χ3v) is 4.86. The molecule has 0 radical (unpaired) electrons. The molecule has 1 unspecified atom stereocenters. The quantitative estimate of drug-likeness (QED) is 0.854. The Balaban J connectivity index is 1.56. The second kappa shape index (κ2) is 6.36. The molecule has 1 atom stereocenters. The molecule has 2 saturated heterocycles. The van der Waals surface area contributed by atoms with Crippen LogP contribution >= 0.6 is 0 Å². The maximum Gasteiger partial charge on any atom is 0.172 e. The number of hydrogen-bond donors (Lipinski definition) is 0. The minimum absolute atomic E-state index is 0.0148. The Kier molecular flexibility index (Phi) is 4.50. The lowest BCUT2D eigenvalue weighted by atomic mass is 9.95. The summed E-state index contributed by atoms with van der Waals surface area (Å²) in [4.78, 5) is 2.31. The molecule has 3 rings (SSSR count). The van der Waals surface area contributed by atoms with Crippen LogP contribution in [0.15, 0.2) is 10.6 Å². The van der Waals surface area contributed by atoms with E-state index in [9.17, 15) is 0 Å². The first-order valence-corrected chi connectivity index (χ1v) is 8.10. The van der Waals surface area contributed by atoms with Crippen molar-refractivity contribution in [1.29, 1.82) is 0 Å². The summed E-state index contributed by atoms with van der Waals surface area (Å²) in [6, 6.07) is 2.10. The highest BCUT2D eigenvalue weighted by Crippen LogP contribution is 2.31. The van der Waals surface area contributed by atoms with Gasteiger partial charge in [-0.2, -0.15) is 0 Å². The zero-order valence-electron chi connectivity index (χ0n) is 13.2. The minimum atomic E-state index is 0.0148. The van der Waals surface area contributed by atoms with E-state index in [1.165, 1.54) is 0 Å². The zero-order valence-corrected chi connectivity index (χ0v) is 13.2. The van der Waals surface area contributed by atoms with Crippen LogP contribution in [-0.2, 0) is 9.47 Å². The van der Waals surface area contributed by atoms with E-state index >= 15 is 0 Å². The summed E-state index contributed by atoms with van der Waals surface area (Å²) in [6.45, 7) is 10.1. The van der Waals surface area contributed by atoms with Crippen molar-refractivity contribution in [3.8, 4) is 0 Å². The number of nitrogens with zero attached hydrogens (tertiary/aromatic N) is 2. The molecule has 0 bridgehead atoms. The van der Waals surface area contributed by atoms with E-state index in [1.807, 2.05) is 0 Å². The summed E-state index contributed by atoms with van der Waals surface area (Å²) in [7, 11) is 0. The van der Waals surface area contributed by atoms with Crippen LogP contribution in [0.3, 0.4) is 0 Å². The van der Waals surface area contributed by atoms with Gasteiger partial charge in [0.2, 0.25) is 0 Å². The van der Waals surface area contributed by atoms with Crippen molar-refractivity contribution in [1.82, 2.24) is 5.16 Å². The van der Waals surface area contributed by atoms with Crippen LogP contribution in [0.5, 0.6) is 0 Å². The van der Waals surface area contributed by atoms with E-state index in [0.29, 0.717) is 17.8 Å². The lowest BCUT2D eigenvalue weighted by molar-refractivity contribution is -0.0889. The minimum Gasteiger partial charge on any atom is -0.359 e. The third kappa shape index (κ3) is 3.24. The third-order valence-electron chi connectivity index (χ3n) is 4.86. The summed E-state index contributed by atoms with van der Waals surface area (Å²) in [5.74, 6) is 3.45. The predicted molar refractivity (Wildman–Crippen MR) is 80.4 cm³/mol. The van der Waals surface area contributed by atoms with Crippen LogP contribution in [0.1, 0.15) is 45.3 Å². The van der Waals surface area contributed by atoms with E-state index in [4.69, 9.17) is 14.0 Å². The first-order valence-electron chi connectivity index (χ1n) is 8.10. The zero-order chi connectivity index (χ0) is 14.8. The molecule has 3 heterocycles. The molecule has 0 N–H and O–H groups in total. The molecule has 2 aliphatic rings. The van der Waals surface area contributed by atoms with Crippen molar-refractivity contribution in [2.75, 3.05) is 31.2 Å². The smallest absolute Gasteiger partial charge is 0.172 e. The largest absolute Gasteiger partial charge is 0.359 e. The molecular weight excluding hydrogens is 268 g/mol. The Labute approximate surface area is 126 Å². The highest BCUT2D eigenvalue weighted by atomic mass is 16.7. The van der Waals surface area contributed by atoms with Gasteiger partial charge in [0.25, 0.3) is 0 Å². The van der Waals surface area contributed by atoms with Gasteiger partial charge in [0.1, 0.15) is 5.76 Å². The fourth-order valence-corrected chi connectivity index (χ4v) is 3.02. The second-order valence-electron chi connectivity index (χ2n) is 6.55. The monoisotopic (exact) mass is 294 g/mol. The normalized spacial score (nSPS) is 23.1. The van der Waals surface area contributed by atoms with Gasteiger partial charge in [0.15, 0.2) is 12.1 Å². The van der Waals surface area contributed by atoms with E-state index < -0.39 is 0 Å². The molecule has 5 nitrogen and oxygen atoms in total. The van der Waals surface area contributed by atoms with Crippen LogP contribution in [0.25, 0.3) is 0 Å². The summed E-state index contributed by atoms with van der Waals surface area (Å²) in [5.41, 5.74) is 0. The van der Waals surface area contributed by atoms with Crippen molar-refractivity contribution < 1.29 is 14.0 Å². The van der Waals surface area contributed by atoms with Gasteiger partial charge >= 0.3 is 0 Å². The summed E-state index contributed by atoms with van der Waals surface area (Å²) >= 11 is 0. The highest BCUT2D eigenvalue weighted by molar-refractivity contribution is 5.39. The van der Waals surface area contributed by atoms with Crippen molar-refractivity contribution in [2.24, 2.45) is 11.8 Å². The molecule has 5 heteroatoms. The molecule has 0 amide bonds. The number of aromatic nitrogens is 1. The second-order valence-corrected chi connectivity index (χ2v) is 6.55. The standard InChI is InChI=1S/C16H26N2O3/c1-11(2)12(3)14-10-15(17-21-14)18-6-4-13(5-7-18)16-19-8-9-20-16/h10-13,16H,4-9H2,1-3H3. The van der Waals surface area contributed by atoms with Crippen LogP contribution in [0, 0.1) is 11.8 Å². The maximum absolute atomic E-state index is 5.62. The Morgan fingerprint density at radius 2 is 1.81 bits per heavy atom. The molecule has 1 aromatic heterocycles. The van der Waals surface area contributed by atoms with Gasteiger partial charge in [-0.15, -0.1) is 0 Å². The van der Waals surface area contributed by atoms with E-state index in [0.717, 1.165) is 50.7 Å². The van der Waals surface area contributed by atoms with Gasteiger partial charge in [0, 0.05) is 31.0 Å².